The molecule has 2 heterocycles. The van der Waals surface area contributed by atoms with Crippen LogP contribution in [0.4, 0.5) is 10.7 Å². The summed E-state index contributed by atoms with van der Waals surface area (Å²) in [5, 5.41) is 4.55. The van der Waals surface area contributed by atoms with Crippen LogP contribution >= 0.6 is 11.3 Å². The number of thiophene rings is 1. The van der Waals surface area contributed by atoms with Crippen molar-refractivity contribution in [3.05, 3.63) is 35.7 Å². The van der Waals surface area contributed by atoms with E-state index in [9.17, 15) is 4.79 Å². The van der Waals surface area contributed by atoms with Gasteiger partial charge >= 0.3 is 6.09 Å². The number of nitrogens with zero attached hydrogens (tertiary/aromatic N) is 1. The average molecular weight is 273 g/mol. The first-order valence-corrected chi connectivity index (χ1v) is 6.53. The number of hydrogen-bond acceptors (Lipinski definition) is 4. The maximum absolute atomic E-state index is 11.1. The monoisotopic (exact) mass is 273 g/mol. The van der Waals surface area contributed by atoms with Gasteiger partial charge in [0.15, 0.2) is 0 Å². The van der Waals surface area contributed by atoms with Gasteiger partial charge in [0.05, 0.1) is 18.1 Å². The number of H-pyrrole nitrogens is 1. The van der Waals surface area contributed by atoms with Crippen LogP contribution in [0.1, 0.15) is 0 Å². The highest BCUT2D eigenvalue weighted by Crippen LogP contribution is 2.27. The Kier molecular flexibility index (Phi) is 2.92. The van der Waals surface area contributed by atoms with Gasteiger partial charge < -0.3 is 9.72 Å². The molecule has 5 nitrogen and oxygen atoms in total. The van der Waals surface area contributed by atoms with E-state index in [1.54, 1.807) is 11.3 Å². The molecule has 0 saturated carbocycles. The number of carbonyl (C=O) groups excluding carboxylic acids is 1. The average Bonchev–Trinajstić information content (AvgIpc) is 3.06. The van der Waals surface area contributed by atoms with E-state index in [2.05, 4.69) is 26.1 Å². The molecule has 1 amide bonds. The van der Waals surface area contributed by atoms with Gasteiger partial charge in [-0.1, -0.05) is 12.1 Å². The molecule has 6 heteroatoms. The molecule has 0 atom stereocenters. The maximum Gasteiger partial charge on any atom is 0.413 e. The summed E-state index contributed by atoms with van der Waals surface area (Å²) in [6.45, 7) is 0. The normalized spacial score (nSPS) is 10.6. The van der Waals surface area contributed by atoms with Crippen molar-refractivity contribution in [2.75, 3.05) is 12.4 Å². The van der Waals surface area contributed by atoms with Crippen LogP contribution in [-0.4, -0.2) is 23.2 Å². The van der Waals surface area contributed by atoms with Gasteiger partial charge in [-0.25, -0.2) is 9.78 Å². The van der Waals surface area contributed by atoms with E-state index in [0.29, 0.717) is 5.95 Å². The molecule has 0 saturated heterocycles. The Balaban J connectivity index is 1.97. The van der Waals surface area contributed by atoms with Crippen molar-refractivity contribution in [1.82, 2.24) is 9.97 Å². The molecule has 0 unspecified atom stereocenters. The van der Waals surface area contributed by atoms with Gasteiger partial charge in [0.25, 0.3) is 0 Å². The van der Waals surface area contributed by atoms with E-state index in [-0.39, 0.29) is 0 Å². The minimum Gasteiger partial charge on any atom is -0.453 e. The van der Waals surface area contributed by atoms with Gasteiger partial charge in [0.2, 0.25) is 5.95 Å². The summed E-state index contributed by atoms with van der Waals surface area (Å²) in [4.78, 5) is 19.6. The van der Waals surface area contributed by atoms with Crippen LogP contribution in [-0.2, 0) is 4.74 Å². The summed E-state index contributed by atoms with van der Waals surface area (Å²) in [5.41, 5.74) is 2.79. The van der Waals surface area contributed by atoms with Crippen LogP contribution in [0.2, 0.25) is 0 Å². The fourth-order valence-corrected chi connectivity index (χ4v) is 2.54. The number of methoxy groups -OCH3 is 1. The predicted molar refractivity (Wildman–Crippen MR) is 75.4 cm³/mol. The second kappa shape index (κ2) is 4.74. The zero-order chi connectivity index (χ0) is 13.2. The molecule has 2 N–H and O–H groups in total. The highest BCUT2D eigenvalue weighted by Gasteiger charge is 2.08. The predicted octanol–water partition coefficient (Wildman–Crippen LogP) is 3.47. The van der Waals surface area contributed by atoms with Gasteiger partial charge in [-0.3, -0.25) is 5.32 Å². The van der Waals surface area contributed by atoms with Crippen molar-refractivity contribution in [3.63, 3.8) is 0 Å². The zero-order valence-corrected chi connectivity index (χ0v) is 11.0. The molecular formula is C13H11N3O2S. The van der Waals surface area contributed by atoms with E-state index in [1.807, 2.05) is 29.6 Å². The Morgan fingerprint density at radius 1 is 1.42 bits per heavy atom. The van der Waals surface area contributed by atoms with Crippen molar-refractivity contribution in [1.29, 1.82) is 0 Å². The minimum absolute atomic E-state index is 0.380. The zero-order valence-electron chi connectivity index (χ0n) is 10.1. The largest absolute Gasteiger partial charge is 0.453 e. The van der Waals surface area contributed by atoms with Crippen molar-refractivity contribution < 1.29 is 9.53 Å². The third-order valence-electron chi connectivity index (χ3n) is 2.69. The van der Waals surface area contributed by atoms with Crippen LogP contribution in [0.5, 0.6) is 0 Å². The number of benzene rings is 1. The van der Waals surface area contributed by atoms with Crippen LogP contribution in [0, 0.1) is 0 Å². The fraction of sp³-hybridized carbons (Fsp3) is 0.0769. The number of aromatic nitrogens is 2. The molecule has 0 spiro atoms. The molecular weight excluding hydrogens is 262 g/mol. The molecule has 0 aliphatic carbocycles. The smallest absolute Gasteiger partial charge is 0.413 e. The molecule has 0 aliphatic rings. The van der Waals surface area contributed by atoms with Gasteiger partial charge in [-0.05, 0) is 29.1 Å². The summed E-state index contributed by atoms with van der Waals surface area (Å²) < 4.78 is 4.52. The first-order chi connectivity index (χ1) is 9.26. The van der Waals surface area contributed by atoms with Crippen molar-refractivity contribution in [2.45, 2.75) is 0 Å². The molecule has 0 bridgehead atoms. The standard InChI is InChI=1S/C13H11N3O2S/c1-18-13(17)16-12-14-9-5-4-8(7-10(9)15-12)11-3-2-6-19-11/h2-7H,1H3,(H2,14,15,16,17). The number of nitrogens with one attached hydrogen (secondary N) is 2. The SMILES string of the molecule is COC(=O)Nc1nc2ccc(-c3cccs3)cc2[nH]1. The second-order valence-electron chi connectivity index (χ2n) is 3.91. The summed E-state index contributed by atoms with van der Waals surface area (Å²) in [5.74, 6) is 0.380. The molecule has 3 rings (SSSR count). The number of rotatable bonds is 2. The number of aromatic amines is 1. The van der Waals surface area contributed by atoms with Gasteiger partial charge in [0, 0.05) is 4.88 Å². The van der Waals surface area contributed by atoms with Crippen molar-refractivity contribution >= 4 is 34.4 Å². The summed E-state index contributed by atoms with van der Waals surface area (Å²) in [6, 6.07) is 10.0. The first-order valence-electron chi connectivity index (χ1n) is 5.65. The number of anilines is 1. The minimum atomic E-state index is -0.544. The summed E-state index contributed by atoms with van der Waals surface area (Å²) in [7, 11) is 1.31. The molecule has 2 aromatic heterocycles. The third-order valence-corrected chi connectivity index (χ3v) is 3.61. The van der Waals surface area contributed by atoms with Gasteiger partial charge in [-0.2, -0.15) is 0 Å². The van der Waals surface area contributed by atoms with E-state index < -0.39 is 6.09 Å². The topological polar surface area (TPSA) is 67.0 Å². The molecule has 0 radical (unpaired) electrons. The van der Waals surface area contributed by atoms with Crippen molar-refractivity contribution in [2.24, 2.45) is 0 Å². The fourth-order valence-electron chi connectivity index (χ4n) is 1.81. The molecule has 3 aromatic rings. The lowest BCUT2D eigenvalue weighted by Crippen LogP contribution is -2.11. The second-order valence-corrected chi connectivity index (χ2v) is 4.86. The lowest BCUT2D eigenvalue weighted by atomic mass is 10.2. The maximum atomic E-state index is 11.1. The Bertz CT molecular complexity index is 719. The van der Waals surface area contributed by atoms with Crippen molar-refractivity contribution in [3.8, 4) is 10.4 Å². The number of fused-ring (bicyclic) bond motifs is 1. The van der Waals surface area contributed by atoms with Gasteiger partial charge in [-0.15, -0.1) is 11.3 Å². The van der Waals surface area contributed by atoms with Crippen LogP contribution < -0.4 is 5.32 Å². The lowest BCUT2D eigenvalue weighted by molar-refractivity contribution is 0.186. The number of amides is 1. The first kappa shape index (κ1) is 11.7. The van der Waals surface area contributed by atoms with E-state index in [0.717, 1.165) is 16.6 Å². The van der Waals surface area contributed by atoms with Crippen LogP contribution in [0.25, 0.3) is 21.5 Å². The molecule has 19 heavy (non-hydrogen) atoms. The Hall–Kier alpha value is -2.34. The number of ether oxygens (including phenoxy) is 1. The Morgan fingerprint density at radius 3 is 3.05 bits per heavy atom. The highest BCUT2D eigenvalue weighted by atomic mass is 32.1. The summed E-state index contributed by atoms with van der Waals surface area (Å²) >= 11 is 1.68. The highest BCUT2D eigenvalue weighted by molar-refractivity contribution is 7.13. The quantitative estimate of drug-likeness (QED) is 0.751. The lowest BCUT2D eigenvalue weighted by Gasteiger charge is -1.97. The summed E-state index contributed by atoms with van der Waals surface area (Å²) in [6.07, 6.45) is -0.544. The number of imidazole rings is 1. The van der Waals surface area contributed by atoms with Gasteiger partial charge in [0.1, 0.15) is 0 Å². The van der Waals surface area contributed by atoms with E-state index >= 15 is 0 Å². The molecule has 0 fully saturated rings. The number of carbonyl (C=O) groups is 1. The van der Waals surface area contributed by atoms with E-state index in [1.165, 1.54) is 12.0 Å². The van der Waals surface area contributed by atoms with E-state index in [4.69, 9.17) is 0 Å². The Morgan fingerprint density at radius 2 is 2.32 bits per heavy atom. The third kappa shape index (κ3) is 2.30. The Labute approximate surface area is 113 Å². The molecule has 0 aliphatic heterocycles. The molecule has 1 aromatic carbocycles. The van der Waals surface area contributed by atoms with Crippen LogP contribution in [0.3, 0.4) is 0 Å². The number of hydrogen-bond donors (Lipinski definition) is 2. The van der Waals surface area contributed by atoms with Crippen LogP contribution in [0.15, 0.2) is 35.7 Å². The molecule has 96 valence electrons.